The zero-order valence-corrected chi connectivity index (χ0v) is 8.96. The van der Waals surface area contributed by atoms with E-state index >= 15 is 0 Å². The van der Waals surface area contributed by atoms with Crippen LogP contribution >= 0.6 is 15.9 Å². The second-order valence-electron chi connectivity index (χ2n) is 2.57. The minimum atomic E-state index is -0.134. The second kappa shape index (κ2) is 5.19. The molecule has 1 aromatic heterocycles. The van der Waals surface area contributed by atoms with Crippen molar-refractivity contribution >= 4 is 21.7 Å². The molecule has 0 amide bonds. The van der Waals surface area contributed by atoms with Gasteiger partial charge in [0, 0.05) is 6.61 Å². The molecule has 1 heterocycles. The van der Waals surface area contributed by atoms with Gasteiger partial charge < -0.3 is 9.15 Å². The van der Waals surface area contributed by atoms with Crippen LogP contribution < -0.4 is 0 Å². The summed E-state index contributed by atoms with van der Waals surface area (Å²) in [4.78, 5) is 11.4. The lowest BCUT2D eigenvalue weighted by atomic mass is 10.3. The minimum Gasteiger partial charge on any atom is -0.460 e. The van der Waals surface area contributed by atoms with E-state index < -0.39 is 0 Å². The van der Waals surface area contributed by atoms with E-state index in [1.807, 2.05) is 6.92 Å². The maximum atomic E-state index is 11.4. The molecule has 0 fully saturated rings. The highest BCUT2D eigenvalue weighted by Crippen LogP contribution is 2.17. The molecule has 4 heteroatoms. The van der Waals surface area contributed by atoms with E-state index in [1.54, 1.807) is 6.07 Å². The summed E-state index contributed by atoms with van der Waals surface area (Å²) in [7, 11) is 0. The van der Waals surface area contributed by atoms with Gasteiger partial charge >= 0.3 is 0 Å². The van der Waals surface area contributed by atoms with Crippen LogP contribution in [0.5, 0.6) is 0 Å². The van der Waals surface area contributed by atoms with E-state index in [4.69, 9.17) is 9.15 Å². The minimum absolute atomic E-state index is 0.0833. The van der Waals surface area contributed by atoms with Crippen LogP contribution in [0, 0.1) is 0 Å². The first-order valence-corrected chi connectivity index (χ1v) is 4.89. The van der Waals surface area contributed by atoms with Crippen molar-refractivity contribution in [1.29, 1.82) is 0 Å². The van der Waals surface area contributed by atoms with Gasteiger partial charge in [0.15, 0.2) is 5.76 Å². The lowest BCUT2D eigenvalue weighted by molar-refractivity contribution is 0.0733. The molecule has 0 aliphatic rings. The summed E-state index contributed by atoms with van der Waals surface area (Å²) in [5.74, 6) is 0.196. The Bertz CT molecular complexity index is 280. The molecule has 3 nitrogen and oxygen atoms in total. The third kappa shape index (κ3) is 2.97. The zero-order valence-electron chi connectivity index (χ0n) is 7.38. The van der Waals surface area contributed by atoms with Crippen LogP contribution in [0.4, 0.5) is 0 Å². The van der Waals surface area contributed by atoms with E-state index in [1.165, 1.54) is 6.26 Å². The Morgan fingerprint density at radius 2 is 2.46 bits per heavy atom. The van der Waals surface area contributed by atoms with Crippen molar-refractivity contribution < 1.29 is 13.9 Å². The largest absolute Gasteiger partial charge is 0.460 e. The number of halogens is 1. The van der Waals surface area contributed by atoms with E-state index in [0.29, 0.717) is 16.8 Å². The summed E-state index contributed by atoms with van der Waals surface area (Å²) in [6, 6.07) is 1.69. The molecule has 0 aliphatic heterocycles. The first-order valence-electron chi connectivity index (χ1n) is 4.09. The third-order valence-corrected chi connectivity index (χ3v) is 2.08. The lowest BCUT2D eigenvalue weighted by Gasteiger charge is -1.99. The van der Waals surface area contributed by atoms with Gasteiger partial charge in [0.1, 0.15) is 6.61 Å². The Morgan fingerprint density at radius 1 is 1.69 bits per heavy atom. The summed E-state index contributed by atoms with van der Waals surface area (Å²) in [5.41, 5.74) is 0. The zero-order chi connectivity index (χ0) is 9.68. The molecule has 0 radical (unpaired) electrons. The Balaban J connectivity index is 2.45. The van der Waals surface area contributed by atoms with Crippen LogP contribution in [0.1, 0.15) is 23.9 Å². The summed E-state index contributed by atoms with van der Waals surface area (Å²) >= 11 is 3.21. The number of carbonyl (C=O) groups is 1. The molecule has 13 heavy (non-hydrogen) atoms. The molecule has 0 bridgehead atoms. The third-order valence-electron chi connectivity index (χ3n) is 1.45. The molecule has 1 rings (SSSR count). The van der Waals surface area contributed by atoms with Gasteiger partial charge in [-0.2, -0.15) is 0 Å². The summed E-state index contributed by atoms with van der Waals surface area (Å²) < 4.78 is 10.8. The van der Waals surface area contributed by atoms with Crippen molar-refractivity contribution in [1.82, 2.24) is 0 Å². The topological polar surface area (TPSA) is 39.4 Å². The van der Waals surface area contributed by atoms with Gasteiger partial charge in [-0.15, -0.1) is 0 Å². The van der Waals surface area contributed by atoms with Crippen LogP contribution in [0.3, 0.4) is 0 Å². The molecule has 72 valence electrons. The molecule has 0 saturated heterocycles. The summed E-state index contributed by atoms with van der Waals surface area (Å²) in [6.45, 7) is 2.68. The number of ether oxygens (including phenoxy) is 1. The fraction of sp³-hybridized carbons (Fsp3) is 0.444. The first kappa shape index (κ1) is 10.5. The van der Waals surface area contributed by atoms with Crippen molar-refractivity contribution in [2.24, 2.45) is 0 Å². The predicted octanol–water partition coefficient (Wildman–Crippen LogP) is 2.65. The molecule has 0 saturated carbocycles. The predicted molar refractivity (Wildman–Crippen MR) is 51.8 cm³/mol. The van der Waals surface area contributed by atoms with Crippen LogP contribution in [-0.4, -0.2) is 19.0 Å². The molecule has 0 aromatic carbocycles. The number of furan rings is 1. The first-order chi connectivity index (χ1) is 6.25. The molecule has 0 aliphatic carbocycles. The van der Waals surface area contributed by atoms with Crippen LogP contribution in [-0.2, 0) is 4.74 Å². The van der Waals surface area contributed by atoms with Gasteiger partial charge in [0.25, 0.3) is 0 Å². The number of hydrogen-bond acceptors (Lipinski definition) is 3. The second-order valence-corrected chi connectivity index (χ2v) is 3.43. The van der Waals surface area contributed by atoms with Crippen molar-refractivity contribution in [3.63, 3.8) is 0 Å². The maximum absolute atomic E-state index is 11.4. The standard InChI is InChI=1S/C9H11BrO3/c1-2-4-12-6-8(11)9-7(10)3-5-13-9/h3,5H,2,4,6H2,1H3. The van der Waals surface area contributed by atoms with Gasteiger partial charge in [-0.1, -0.05) is 6.92 Å². The van der Waals surface area contributed by atoms with Crippen molar-refractivity contribution in [3.8, 4) is 0 Å². The maximum Gasteiger partial charge on any atom is 0.224 e. The fourth-order valence-electron chi connectivity index (χ4n) is 0.867. The van der Waals surface area contributed by atoms with Crippen molar-refractivity contribution in [3.05, 3.63) is 22.6 Å². The Hall–Kier alpha value is -0.610. The molecule has 0 N–H and O–H groups in total. The Morgan fingerprint density at radius 3 is 3.00 bits per heavy atom. The monoisotopic (exact) mass is 246 g/mol. The van der Waals surface area contributed by atoms with E-state index in [-0.39, 0.29) is 12.4 Å². The molecular formula is C9H11BrO3. The summed E-state index contributed by atoms with van der Waals surface area (Å²) in [5, 5.41) is 0. The van der Waals surface area contributed by atoms with Gasteiger partial charge in [-0.05, 0) is 28.4 Å². The highest BCUT2D eigenvalue weighted by Gasteiger charge is 2.13. The van der Waals surface area contributed by atoms with Crippen molar-refractivity contribution in [2.75, 3.05) is 13.2 Å². The quantitative estimate of drug-likeness (QED) is 0.593. The van der Waals surface area contributed by atoms with Crippen LogP contribution in [0.2, 0.25) is 0 Å². The molecule has 0 atom stereocenters. The smallest absolute Gasteiger partial charge is 0.224 e. The van der Waals surface area contributed by atoms with Crippen molar-refractivity contribution in [2.45, 2.75) is 13.3 Å². The van der Waals surface area contributed by atoms with E-state index in [0.717, 1.165) is 6.42 Å². The fourth-order valence-corrected chi connectivity index (χ4v) is 1.29. The van der Waals surface area contributed by atoms with Gasteiger partial charge in [-0.25, -0.2) is 0 Å². The SMILES string of the molecule is CCCOCC(=O)c1occc1Br. The average Bonchev–Trinajstić information content (AvgIpc) is 2.52. The number of ketones is 1. The van der Waals surface area contributed by atoms with Crippen LogP contribution in [0.25, 0.3) is 0 Å². The molecular weight excluding hydrogens is 236 g/mol. The number of rotatable bonds is 5. The van der Waals surface area contributed by atoms with Crippen LogP contribution in [0.15, 0.2) is 21.2 Å². The average molecular weight is 247 g/mol. The number of carbonyl (C=O) groups excluding carboxylic acids is 1. The van der Waals surface area contributed by atoms with Gasteiger partial charge in [-0.3, -0.25) is 4.79 Å². The lowest BCUT2D eigenvalue weighted by Crippen LogP contribution is -2.09. The van der Waals surface area contributed by atoms with Gasteiger partial charge in [0.05, 0.1) is 10.7 Å². The normalized spacial score (nSPS) is 10.3. The molecule has 0 unspecified atom stereocenters. The molecule has 1 aromatic rings. The van der Waals surface area contributed by atoms with E-state index in [2.05, 4.69) is 15.9 Å². The Kier molecular flexibility index (Phi) is 4.18. The highest BCUT2D eigenvalue weighted by atomic mass is 79.9. The van der Waals surface area contributed by atoms with E-state index in [9.17, 15) is 4.79 Å². The Labute approximate surface area is 85.2 Å². The number of Topliss-reactive ketones (excluding diaryl/α,β-unsaturated/α-hetero) is 1. The van der Waals surface area contributed by atoms with Gasteiger partial charge in [0.2, 0.25) is 5.78 Å². The summed E-state index contributed by atoms with van der Waals surface area (Å²) in [6.07, 6.45) is 2.38. The number of hydrogen-bond donors (Lipinski definition) is 0. The molecule has 0 spiro atoms. The highest BCUT2D eigenvalue weighted by molar-refractivity contribution is 9.10.